The van der Waals surface area contributed by atoms with Crippen LogP contribution in [0.3, 0.4) is 0 Å². The SMILES string of the molecule is CCCCOCC(COCC(CC)(COCC(CC)(COCC(COCCOCCC)OCCOCCC)COCC(COCCOCCC)OCCOCCC)C(O)CC(COCCCC)OCCCC)OCCCC. The minimum Gasteiger partial charge on any atom is -0.392 e. The van der Waals surface area contributed by atoms with Crippen LogP contribution in [0.15, 0.2) is 0 Å². The lowest BCUT2D eigenvalue weighted by Gasteiger charge is -2.40. The van der Waals surface area contributed by atoms with Gasteiger partial charge in [-0.25, -0.2) is 0 Å². The molecule has 0 spiro atoms. The molecule has 0 saturated carbocycles. The van der Waals surface area contributed by atoms with Gasteiger partial charge in [0.1, 0.15) is 18.3 Å². The van der Waals surface area contributed by atoms with Gasteiger partial charge in [-0.1, -0.05) is 94.9 Å². The number of unbranched alkanes of at least 4 members (excludes halogenated alkanes) is 4. The molecule has 0 aromatic rings. The fourth-order valence-electron chi connectivity index (χ4n) is 7.81. The minimum atomic E-state index is -0.837. The lowest BCUT2D eigenvalue weighted by molar-refractivity contribution is -0.152. The Labute approximate surface area is 471 Å². The first-order valence-corrected chi connectivity index (χ1v) is 30.8. The van der Waals surface area contributed by atoms with Crippen LogP contribution in [0.4, 0.5) is 0 Å². The molecule has 0 aliphatic rings. The number of aliphatic hydroxyl groups excluding tert-OH is 1. The van der Waals surface area contributed by atoms with Crippen molar-refractivity contribution in [1.29, 1.82) is 0 Å². The highest BCUT2D eigenvalue weighted by molar-refractivity contribution is 4.89. The van der Waals surface area contributed by atoms with Crippen LogP contribution in [-0.4, -0.2) is 221 Å². The van der Waals surface area contributed by atoms with Gasteiger partial charge in [-0.2, -0.15) is 0 Å². The van der Waals surface area contributed by atoms with Gasteiger partial charge in [0.05, 0.1) is 144 Å². The molecule has 0 bridgehead atoms. The first-order chi connectivity index (χ1) is 37.7. The van der Waals surface area contributed by atoms with Crippen LogP contribution in [0, 0.1) is 10.8 Å². The molecule has 6 atom stereocenters. The van der Waals surface area contributed by atoms with Gasteiger partial charge in [-0.05, 0) is 64.2 Å². The molecule has 0 radical (unpaired) electrons. The Hall–Kier alpha value is -0.680. The zero-order chi connectivity index (χ0) is 56.6. The quantitative estimate of drug-likeness (QED) is 0.0571. The van der Waals surface area contributed by atoms with Gasteiger partial charge in [-0.3, -0.25) is 0 Å². The van der Waals surface area contributed by atoms with E-state index in [2.05, 4.69) is 69.2 Å². The Kier molecular flexibility index (Phi) is 56.6. The van der Waals surface area contributed by atoms with Crippen LogP contribution in [0.5, 0.6) is 0 Å². The zero-order valence-electron chi connectivity index (χ0n) is 51.3. The smallest absolute Gasteiger partial charge is 0.104 e. The summed E-state index contributed by atoms with van der Waals surface area (Å²) < 4.78 is 99.1. The van der Waals surface area contributed by atoms with E-state index in [1.807, 2.05) is 0 Å². The number of hydrogen-bond acceptors (Lipinski definition) is 17. The third-order valence-corrected chi connectivity index (χ3v) is 13.1. The standard InChI is InChI=1S/C60H122O17/c1-11-21-29-66-42-54(74-31-23-13-3)41-58(61)60(20-10,52-72-48-55(75-32-24-14-4)43-67-30-22-12-2)53-73-51-59(19-9,49-70-46-56(76-39-37-64-27-17-7)44-68-35-33-62-25-15-5)50-71-47-57(77-40-38-65-28-18-8)45-69-36-34-63-26-16-6/h54-58,61H,11-53H2,1-10H3. The van der Waals surface area contributed by atoms with Gasteiger partial charge in [0.2, 0.25) is 0 Å². The summed E-state index contributed by atoms with van der Waals surface area (Å²) in [5.74, 6) is 0. The van der Waals surface area contributed by atoms with E-state index in [0.717, 1.165) is 77.0 Å². The van der Waals surface area contributed by atoms with Gasteiger partial charge in [0.15, 0.2) is 0 Å². The summed E-state index contributed by atoms with van der Waals surface area (Å²) in [4.78, 5) is 0. The lowest BCUT2D eigenvalue weighted by atomic mass is 9.78. The molecule has 0 fully saturated rings. The maximum atomic E-state index is 12.5. The Morgan fingerprint density at radius 1 is 0.273 bits per heavy atom. The summed E-state index contributed by atoms with van der Waals surface area (Å²) >= 11 is 0. The van der Waals surface area contributed by atoms with E-state index in [9.17, 15) is 5.11 Å². The number of hydrogen-bond donors (Lipinski definition) is 1. The summed E-state index contributed by atoms with van der Waals surface area (Å²) in [6.45, 7) is 34.1. The first kappa shape index (κ1) is 76.3. The Morgan fingerprint density at radius 3 is 0.987 bits per heavy atom. The molecule has 0 aromatic carbocycles. The highest BCUT2D eigenvalue weighted by atomic mass is 16.6. The summed E-state index contributed by atoms with van der Waals surface area (Å²) in [5, 5.41) is 12.5. The average molecular weight is 1120 g/mol. The second-order valence-corrected chi connectivity index (χ2v) is 20.5. The summed E-state index contributed by atoms with van der Waals surface area (Å²) in [7, 11) is 0. The molecule has 0 aliphatic heterocycles. The van der Waals surface area contributed by atoms with Crippen LogP contribution in [0.25, 0.3) is 0 Å². The number of aliphatic hydroxyl groups is 1. The van der Waals surface area contributed by atoms with Crippen LogP contribution < -0.4 is 0 Å². The summed E-state index contributed by atoms with van der Waals surface area (Å²) in [6.07, 6.45) is 11.4. The van der Waals surface area contributed by atoms with Crippen molar-refractivity contribution in [3.8, 4) is 0 Å². The largest absolute Gasteiger partial charge is 0.392 e. The van der Waals surface area contributed by atoms with Crippen molar-refractivity contribution in [2.24, 2.45) is 10.8 Å². The maximum absolute atomic E-state index is 12.5. The molecule has 1 N–H and O–H groups in total. The van der Waals surface area contributed by atoms with E-state index in [0.29, 0.717) is 171 Å². The molecule has 0 aromatic heterocycles. The predicted molar refractivity (Wildman–Crippen MR) is 306 cm³/mol. The second-order valence-electron chi connectivity index (χ2n) is 20.5. The van der Waals surface area contributed by atoms with Crippen LogP contribution in [0.1, 0.15) is 166 Å². The highest BCUT2D eigenvalue weighted by Gasteiger charge is 2.41. The third kappa shape index (κ3) is 43.6. The minimum absolute atomic E-state index is 0.216. The van der Waals surface area contributed by atoms with Crippen molar-refractivity contribution in [1.82, 2.24) is 0 Å². The zero-order valence-corrected chi connectivity index (χ0v) is 51.3. The Morgan fingerprint density at radius 2 is 0.584 bits per heavy atom. The van der Waals surface area contributed by atoms with E-state index in [1.165, 1.54) is 0 Å². The first-order valence-electron chi connectivity index (χ1n) is 30.8. The molecule has 0 amide bonds. The van der Waals surface area contributed by atoms with E-state index in [1.54, 1.807) is 0 Å². The summed E-state index contributed by atoms with van der Waals surface area (Å²) in [6, 6.07) is 0. The fourth-order valence-corrected chi connectivity index (χ4v) is 7.81. The van der Waals surface area contributed by atoms with Gasteiger partial charge in [0, 0.05) is 70.1 Å². The highest BCUT2D eigenvalue weighted by Crippen LogP contribution is 2.34. The monoisotopic (exact) mass is 1110 g/mol. The van der Waals surface area contributed by atoms with Crippen molar-refractivity contribution in [3.05, 3.63) is 0 Å². The molecule has 0 rings (SSSR count). The number of rotatable bonds is 65. The molecule has 0 saturated heterocycles. The van der Waals surface area contributed by atoms with Crippen molar-refractivity contribution in [2.75, 3.05) is 185 Å². The fraction of sp³-hybridized carbons (Fsp3) is 1.00. The Balaban J connectivity index is 6.85. The normalized spacial score (nSPS) is 15.6. The van der Waals surface area contributed by atoms with Crippen molar-refractivity contribution in [3.63, 3.8) is 0 Å². The Bertz CT molecular complexity index is 1120. The lowest BCUT2D eigenvalue weighted by Crippen LogP contribution is -2.47. The van der Waals surface area contributed by atoms with Gasteiger partial charge in [-0.15, -0.1) is 0 Å². The molecule has 0 aliphatic carbocycles. The van der Waals surface area contributed by atoms with Gasteiger partial charge < -0.3 is 80.9 Å². The maximum Gasteiger partial charge on any atom is 0.104 e. The van der Waals surface area contributed by atoms with E-state index >= 15 is 0 Å². The van der Waals surface area contributed by atoms with Crippen LogP contribution in [-0.2, 0) is 75.8 Å². The molecular formula is C60H122O17. The van der Waals surface area contributed by atoms with Crippen molar-refractivity contribution in [2.45, 2.75) is 196 Å². The van der Waals surface area contributed by atoms with Crippen LogP contribution >= 0.6 is 0 Å². The van der Waals surface area contributed by atoms with Gasteiger partial charge >= 0.3 is 0 Å². The summed E-state index contributed by atoms with van der Waals surface area (Å²) in [5.41, 5.74) is -1.41. The molecule has 0 heterocycles. The van der Waals surface area contributed by atoms with E-state index in [-0.39, 0.29) is 57.5 Å². The third-order valence-electron chi connectivity index (χ3n) is 13.1. The number of ether oxygens (including phenoxy) is 16. The molecule has 6 unspecified atom stereocenters. The average Bonchev–Trinajstić information content (AvgIpc) is 3.43. The topological polar surface area (TPSA) is 168 Å². The van der Waals surface area contributed by atoms with E-state index < -0.39 is 16.9 Å². The molecule has 17 heteroatoms. The molecular weight excluding hydrogens is 993 g/mol. The van der Waals surface area contributed by atoms with Crippen LogP contribution in [0.2, 0.25) is 0 Å². The van der Waals surface area contributed by atoms with E-state index in [4.69, 9.17) is 75.8 Å². The molecule has 77 heavy (non-hydrogen) atoms. The van der Waals surface area contributed by atoms with Gasteiger partial charge in [0.25, 0.3) is 0 Å². The molecule has 464 valence electrons. The predicted octanol–water partition coefficient (Wildman–Crippen LogP) is 10.1. The van der Waals surface area contributed by atoms with Crippen molar-refractivity contribution >= 4 is 0 Å². The second kappa shape index (κ2) is 57.2. The van der Waals surface area contributed by atoms with Crippen molar-refractivity contribution < 1.29 is 80.9 Å². The molecule has 17 nitrogen and oxygen atoms in total.